The van der Waals surface area contributed by atoms with E-state index in [1.807, 2.05) is 12.1 Å². The number of aliphatic carboxylic acids is 1. The van der Waals surface area contributed by atoms with Crippen LogP contribution in [0.2, 0.25) is 0 Å². The van der Waals surface area contributed by atoms with Crippen molar-refractivity contribution < 1.29 is 24.1 Å². The van der Waals surface area contributed by atoms with Crippen LogP contribution in [-0.4, -0.2) is 61.5 Å². The Hall–Kier alpha value is -2.05. The van der Waals surface area contributed by atoms with Crippen molar-refractivity contribution in [2.75, 3.05) is 27.8 Å². The van der Waals surface area contributed by atoms with Gasteiger partial charge in [-0.05, 0) is 44.5 Å². The summed E-state index contributed by atoms with van der Waals surface area (Å²) >= 11 is 0. The normalized spacial score (nSPS) is 44.2. The number of piperidine rings is 1. The van der Waals surface area contributed by atoms with Crippen LogP contribution in [0.5, 0.6) is 11.5 Å². The SMILES string of the molecule is COc1ccc2c3c1O[C@@H]1C34CCN(C)C(C2)[C@]42C=C[C@@]1(OC)C(C(=O)O)C2. The molecule has 3 unspecified atom stereocenters. The van der Waals surface area contributed by atoms with Gasteiger partial charge >= 0.3 is 5.97 Å². The molecule has 2 fully saturated rings. The number of ether oxygens (including phenoxy) is 3. The number of benzene rings is 1. The third-order valence-electron chi connectivity index (χ3n) is 8.58. The van der Waals surface area contributed by atoms with Crippen LogP contribution in [0.1, 0.15) is 24.0 Å². The van der Waals surface area contributed by atoms with Crippen LogP contribution in [0.3, 0.4) is 0 Å². The minimum atomic E-state index is -0.966. The standard InChI is InChI=1S/C22H25NO5/c1-23-9-8-21-16-12-4-5-14(26-2)17(16)28-19(21)22(27-3)7-6-20(21,15(23)10-12)11-13(22)18(24)25/h4-7,13,15,19H,8-11H2,1-3H3,(H,24,25)/t13?,15?,19-,20-,21?,22-/m1/s1. The Morgan fingerprint density at radius 2 is 2.14 bits per heavy atom. The van der Waals surface area contributed by atoms with Crippen LogP contribution in [0.4, 0.5) is 0 Å². The summed E-state index contributed by atoms with van der Waals surface area (Å²) in [5.74, 6) is 0.0936. The molecule has 148 valence electrons. The average molecular weight is 383 g/mol. The second-order valence-corrected chi connectivity index (χ2v) is 9.08. The zero-order valence-electron chi connectivity index (χ0n) is 16.4. The van der Waals surface area contributed by atoms with Gasteiger partial charge in [-0.2, -0.15) is 0 Å². The number of carboxylic acid groups (broad SMARTS) is 1. The molecule has 1 aromatic carbocycles. The molecular weight excluding hydrogens is 358 g/mol. The molecule has 6 atom stereocenters. The van der Waals surface area contributed by atoms with E-state index in [1.54, 1.807) is 14.2 Å². The highest BCUT2D eigenvalue weighted by Crippen LogP contribution is 2.74. The van der Waals surface area contributed by atoms with Gasteiger partial charge in [-0.3, -0.25) is 4.79 Å². The van der Waals surface area contributed by atoms with Crippen LogP contribution in [-0.2, 0) is 21.4 Å². The largest absolute Gasteiger partial charge is 0.493 e. The molecule has 28 heavy (non-hydrogen) atoms. The van der Waals surface area contributed by atoms with Gasteiger partial charge in [-0.25, -0.2) is 0 Å². The van der Waals surface area contributed by atoms with Gasteiger partial charge in [-0.1, -0.05) is 18.2 Å². The predicted molar refractivity (Wildman–Crippen MR) is 101 cm³/mol. The first-order valence-corrected chi connectivity index (χ1v) is 10.0. The molecule has 2 aliphatic heterocycles. The first-order valence-electron chi connectivity index (χ1n) is 10.0. The maximum absolute atomic E-state index is 12.4. The van der Waals surface area contributed by atoms with Crippen LogP contribution in [0.15, 0.2) is 24.3 Å². The monoisotopic (exact) mass is 383 g/mol. The van der Waals surface area contributed by atoms with Gasteiger partial charge in [0.05, 0.1) is 18.4 Å². The molecule has 2 spiro atoms. The number of carbonyl (C=O) groups is 1. The van der Waals surface area contributed by atoms with E-state index in [4.69, 9.17) is 14.2 Å². The lowest BCUT2D eigenvalue weighted by molar-refractivity contribution is -0.219. The molecule has 1 saturated carbocycles. The maximum atomic E-state index is 12.4. The van der Waals surface area contributed by atoms with E-state index in [2.05, 4.69) is 24.1 Å². The fraction of sp³-hybridized carbons (Fsp3) is 0.591. The van der Waals surface area contributed by atoms with E-state index in [-0.39, 0.29) is 23.0 Å². The summed E-state index contributed by atoms with van der Waals surface area (Å²) in [7, 11) is 5.45. The van der Waals surface area contributed by atoms with E-state index in [0.717, 1.165) is 30.9 Å². The highest BCUT2D eigenvalue weighted by Gasteiger charge is 2.79. The lowest BCUT2D eigenvalue weighted by Gasteiger charge is -2.70. The smallest absolute Gasteiger partial charge is 0.309 e. The molecule has 0 aromatic heterocycles. The summed E-state index contributed by atoms with van der Waals surface area (Å²) in [6.45, 7) is 0.966. The van der Waals surface area contributed by atoms with Gasteiger partial charge in [0.25, 0.3) is 0 Å². The van der Waals surface area contributed by atoms with Gasteiger partial charge in [0.1, 0.15) is 11.7 Å². The molecule has 6 aliphatic rings. The molecule has 4 aliphatic carbocycles. The van der Waals surface area contributed by atoms with Crippen LogP contribution < -0.4 is 9.47 Å². The minimum Gasteiger partial charge on any atom is -0.493 e. The Labute approximate surface area is 164 Å². The van der Waals surface area contributed by atoms with Crippen molar-refractivity contribution in [3.8, 4) is 11.5 Å². The number of hydrogen-bond acceptors (Lipinski definition) is 5. The maximum Gasteiger partial charge on any atom is 0.309 e. The molecule has 6 nitrogen and oxygen atoms in total. The zero-order valence-corrected chi connectivity index (χ0v) is 16.4. The topological polar surface area (TPSA) is 68.2 Å². The van der Waals surface area contributed by atoms with Crippen molar-refractivity contribution in [3.63, 3.8) is 0 Å². The van der Waals surface area contributed by atoms with Crippen LogP contribution >= 0.6 is 0 Å². The highest BCUT2D eigenvalue weighted by molar-refractivity contribution is 5.76. The van der Waals surface area contributed by atoms with E-state index in [9.17, 15) is 9.90 Å². The summed E-state index contributed by atoms with van der Waals surface area (Å²) in [6.07, 6.45) is 6.35. The van der Waals surface area contributed by atoms with E-state index in [1.165, 1.54) is 11.1 Å². The molecule has 2 heterocycles. The minimum absolute atomic E-state index is 0.257. The summed E-state index contributed by atoms with van der Waals surface area (Å²) in [4.78, 5) is 14.8. The lowest BCUT2D eigenvalue weighted by atomic mass is 9.37. The Morgan fingerprint density at radius 3 is 2.86 bits per heavy atom. The third kappa shape index (κ3) is 1.46. The summed E-state index contributed by atoms with van der Waals surface area (Å²) in [5.41, 5.74) is 1.05. The molecule has 1 N–H and O–H groups in total. The van der Waals surface area contributed by atoms with Crippen molar-refractivity contribution in [2.24, 2.45) is 11.3 Å². The number of nitrogens with zero attached hydrogens (tertiary/aromatic N) is 1. The van der Waals surface area contributed by atoms with Crippen molar-refractivity contribution in [2.45, 2.75) is 42.4 Å². The number of fused-ring (bicyclic) bond motifs is 1. The van der Waals surface area contributed by atoms with E-state index < -0.39 is 17.5 Å². The molecule has 0 amide bonds. The fourth-order valence-electron chi connectivity index (χ4n) is 7.49. The number of rotatable bonds is 3. The number of methoxy groups -OCH3 is 2. The quantitative estimate of drug-likeness (QED) is 0.806. The third-order valence-corrected chi connectivity index (χ3v) is 8.58. The number of likely N-dealkylation sites (N-methyl/N-ethyl adjacent to an activating group) is 1. The van der Waals surface area contributed by atoms with E-state index >= 15 is 0 Å². The van der Waals surface area contributed by atoms with Crippen LogP contribution in [0.25, 0.3) is 0 Å². The van der Waals surface area contributed by atoms with Gasteiger partial charge < -0.3 is 24.2 Å². The highest BCUT2D eigenvalue weighted by atomic mass is 16.6. The van der Waals surface area contributed by atoms with Gasteiger partial charge in [0.2, 0.25) is 0 Å². The molecule has 1 aromatic rings. The Balaban J connectivity index is 1.72. The van der Waals surface area contributed by atoms with Crippen molar-refractivity contribution >= 4 is 5.97 Å². The number of likely N-dealkylation sites (tertiary alicyclic amines) is 1. The van der Waals surface area contributed by atoms with Crippen LogP contribution in [0, 0.1) is 11.3 Å². The van der Waals surface area contributed by atoms with Gasteiger partial charge in [0, 0.05) is 24.1 Å². The molecule has 0 radical (unpaired) electrons. The molecular formula is C22H25NO5. The second kappa shape index (κ2) is 4.92. The average Bonchev–Trinajstić information content (AvgIpc) is 3.07. The van der Waals surface area contributed by atoms with E-state index in [0.29, 0.717) is 6.42 Å². The molecule has 7 rings (SSSR count). The fourth-order valence-corrected chi connectivity index (χ4v) is 7.49. The van der Waals surface area contributed by atoms with Gasteiger partial charge in [-0.15, -0.1) is 0 Å². The summed E-state index contributed by atoms with van der Waals surface area (Å²) < 4.78 is 18.3. The lowest BCUT2D eigenvalue weighted by Crippen LogP contribution is -2.79. The first kappa shape index (κ1) is 16.9. The summed E-state index contributed by atoms with van der Waals surface area (Å²) in [6, 6.07) is 4.41. The van der Waals surface area contributed by atoms with Crippen molar-refractivity contribution in [3.05, 3.63) is 35.4 Å². The molecule has 6 heteroatoms. The van der Waals surface area contributed by atoms with Gasteiger partial charge in [0.15, 0.2) is 11.5 Å². The van der Waals surface area contributed by atoms with Crippen molar-refractivity contribution in [1.82, 2.24) is 4.90 Å². The first-order chi connectivity index (χ1) is 13.4. The summed E-state index contributed by atoms with van der Waals surface area (Å²) in [5, 5.41) is 10.1. The Kier molecular flexibility index (Phi) is 2.96. The number of carboxylic acids is 1. The molecule has 4 bridgehead atoms. The van der Waals surface area contributed by atoms with Crippen molar-refractivity contribution in [1.29, 1.82) is 0 Å². The Bertz CT molecular complexity index is 943. The Morgan fingerprint density at radius 1 is 1.32 bits per heavy atom. The molecule has 1 saturated heterocycles. The number of hydrogen-bond donors (Lipinski definition) is 1. The zero-order chi connectivity index (χ0) is 19.5. The second-order valence-electron chi connectivity index (χ2n) is 9.08. The predicted octanol–water partition coefficient (Wildman–Crippen LogP) is 2.00.